The number of amides is 1. The standard InChI is InChI=1S/C17H27ClN2O/c1-4-7-12-17(21)19-13-16(20(5-2)6-3)14-10-8-9-11-15(14)18/h8-11,16H,4-7,12-13H2,1-3H3,(H,19,21). The summed E-state index contributed by atoms with van der Waals surface area (Å²) in [6, 6.07) is 8.01. The van der Waals surface area contributed by atoms with E-state index in [-0.39, 0.29) is 11.9 Å². The lowest BCUT2D eigenvalue weighted by molar-refractivity contribution is -0.121. The maximum absolute atomic E-state index is 11.9. The molecule has 0 spiro atoms. The van der Waals surface area contributed by atoms with Gasteiger partial charge in [-0.05, 0) is 31.1 Å². The molecule has 0 aliphatic heterocycles. The number of rotatable bonds is 9. The van der Waals surface area contributed by atoms with Crippen LogP contribution < -0.4 is 5.32 Å². The second kappa shape index (κ2) is 9.80. The number of carbonyl (C=O) groups excluding carboxylic acids is 1. The Labute approximate surface area is 133 Å². The van der Waals surface area contributed by atoms with Crippen LogP contribution in [0.1, 0.15) is 51.6 Å². The molecule has 1 rings (SSSR count). The number of nitrogens with zero attached hydrogens (tertiary/aromatic N) is 1. The predicted molar refractivity (Wildman–Crippen MR) is 89.6 cm³/mol. The van der Waals surface area contributed by atoms with Gasteiger partial charge in [-0.1, -0.05) is 57.0 Å². The second-order valence-corrected chi connectivity index (χ2v) is 5.57. The summed E-state index contributed by atoms with van der Waals surface area (Å²) < 4.78 is 0. The van der Waals surface area contributed by atoms with Crippen molar-refractivity contribution in [3.8, 4) is 0 Å². The minimum Gasteiger partial charge on any atom is -0.354 e. The van der Waals surface area contributed by atoms with Gasteiger partial charge < -0.3 is 5.32 Å². The van der Waals surface area contributed by atoms with E-state index in [1.54, 1.807) is 0 Å². The highest BCUT2D eigenvalue weighted by molar-refractivity contribution is 6.31. The van der Waals surface area contributed by atoms with E-state index in [1.165, 1.54) is 0 Å². The lowest BCUT2D eigenvalue weighted by Crippen LogP contribution is -2.38. The first-order valence-electron chi connectivity index (χ1n) is 7.89. The van der Waals surface area contributed by atoms with Crippen molar-refractivity contribution >= 4 is 17.5 Å². The molecule has 0 radical (unpaired) electrons. The molecule has 0 aliphatic rings. The smallest absolute Gasteiger partial charge is 0.220 e. The summed E-state index contributed by atoms with van der Waals surface area (Å²) in [5, 5.41) is 3.81. The molecular weight excluding hydrogens is 284 g/mol. The number of unbranched alkanes of at least 4 members (excludes halogenated alkanes) is 1. The van der Waals surface area contributed by atoms with Crippen molar-refractivity contribution in [2.75, 3.05) is 19.6 Å². The number of halogens is 1. The Balaban J connectivity index is 2.79. The van der Waals surface area contributed by atoms with Crippen LogP contribution in [0.4, 0.5) is 0 Å². The molecule has 0 bridgehead atoms. The van der Waals surface area contributed by atoms with E-state index in [4.69, 9.17) is 11.6 Å². The van der Waals surface area contributed by atoms with Gasteiger partial charge in [0.2, 0.25) is 5.91 Å². The van der Waals surface area contributed by atoms with Crippen LogP contribution in [0.2, 0.25) is 5.02 Å². The van der Waals surface area contributed by atoms with Gasteiger partial charge in [0.25, 0.3) is 0 Å². The Morgan fingerprint density at radius 3 is 2.48 bits per heavy atom. The van der Waals surface area contributed by atoms with Crippen molar-refractivity contribution in [2.24, 2.45) is 0 Å². The van der Waals surface area contributed by atoms with Gasteiger partial charge in [0.15, 0.2) is 0 Å². The lowest BCUT2D eigenvalue weighted by atomic mass is 10.0. The monoisotopic (exact) mass is 310 g/mol. The molecule has 0 saturated heterocycles. The molecule has 3 nitrogen and oxygen atoms in total. The molecule has 21 heavy (non-hydrogen) atoms. The fourth-order valence-corrected chi connectivity index (χ4v) is 2.74. The normalized spacial score (nSPS) is 12.4. The molecule has 0 aliphatic carbocycles. The van der Waals surface area contributed by atoms with Crippen molar-refractivity contribution in [2.45, 2.75) is 46.1 Å². The molecule has 1 amide bonds. The first kappa shape index (κ1) is 18.0. The Morgan fingerprint density at radius 1 is 1.24 bits per heavy atom. The highest BCUT2D eigenvalue weighted by atomic mass is 35.5. The molecule has 0 saturated carbocycles. The lowest BCUT2D eigenvalue weighted by Gasteiger charge is -2.31. The zero-order valence-corrected chi connectivity index (χ0v) is 14.1. The SMILES string of the molecule is CCCCC(=O)NCC(c1ccccc1Cl)N(CC)CC. The summed E-state index contributed by atoms with van der Waals surface area (Å²) in [7, 11) is 0. The van der Waals surface area contributed by atoms with Crippen molar-refractivity contribution in [1.82, 2.24) is 10.2 Å². The maximum atomic E-state index is 11.9. The largest absolute Gasteiger partial charge is 0.354 e. The van der Waals surface area contributed by atoms with Gasteiger partial charge in [-0.15, -0.1) is 0 Å². The first-order valence-corrected chi connectivity index (χ1v) is 8.26. The number of hydrogen-bond acceptors (Lipinski definition) is 2. The summed E-state index contributed by atoms with van der Waals surface area (Å²) in [6.07, 6.45) is 2.58. The zero-order valence-electron chi connectivity index (χ0n) is 13.4. The summed E-state index contributed by atoms with van der Waals surface area (Å²) in [6.45, 7) is 8.82. The number of carbonyl (C=O) groups is 1. The van der Waals surface area contributed by atoms with Crippen molar-refractivity contribution in [3.63, 3.8) is 0 Å². The van der Waals surface area contributed by atoms with Crippen LogP contribution in [-0.2, 0) is 4.79 Å². The van der Waals surface area contributed by atoms with E-state index in [2.05, 4.69) is 31.0 Å². The number of hydrogen-bond donors (Lipinski definition) is 1. The molecule has 1 unspecified atom stereocenters. The van der Waals surface area contributed by atoms with E-state index >= 15 is 0 Å². The van der Waals surface area contributed by atoms with E-state index in [0.29, 0.717) is 13.0 Å². The third-order valence-corrected chi connectivity index (χ3v) is 4.11. The highest BCUT2D eigenvalue weighted by Gasteiger charge is 2.20. The van der Waals surface area contributed by atoms with Crippen molar-refractivity contribution in [3.05, 3.63) is 34.9 Å². The summed E-state index contributed by atoms with van der Waals surface area (Å²) in [5.74, 6) is 0.126. The van der Waals surface area contributed by atoms with Crippen LogP contribution in [0, 0.1) is 0 Å². The average Bonchev–Trinajstić information content (AvgIpc) is 2.50. The summed E-state index contributed by atoms with van der Waals surface area (Å²) in [4.78, 5) is 14.2. The molecular formula is C17H27ClN2O. The fraction of sp³-hybridized carbons (Fsp3) is 0.588. The number of benzene rings is 1. The second-order valence-electron chi connectivity index (χ2n) is 5.17. The Kier molecular flexibility index (Phi) is 8.40. The Hall–Kier alpha value is -1.06. The molecule has 0 fully saturated rings. The Morgan fingerprint density at radius 2 is 1.90 bits per heavy atom. The minimum absolute atomic E-state index is 0.124. The molecule has 1 atom stereocenters. The quantitative estimate of drug-likeness (QED) is 0.747. The van der Waals surface area contributed by atoms with E-state index < -0.39 is 0 Å². The average molecular weight is 311 g/mol. The van der Waals surface area contributed by atoms with Gasteiger partial charge in [-0.3, -0.25) is 9.69 Å². The van der Waals surface area contributed by atoms with E-state index in [1.807, 2.05) is 24.3 Å². The third kappa shape index (κ3) is 5.68. The number of likely N-dealkylation sites (N-methyl/N-ethyl adjacent to an activating group) is 1. The van der Waals surface area contributed by atoms with Crippen LogP contribution in [0.25, 0.3) is 0 Å². The van der Waals surface area contributed by atoms with Gasteiger partial charge in [0.1, 0.15) is 0 Å². The van der Waals surface area contributed by atoms with Crippen molar-refractivity contribution < 1.29 is 4.79 Å². The summed E-state index contributed by atoms with van der Waals surface area (Å²) >= 11 is 6.34. The highest BCUT2D eigenvalue weighted by Crippen LogP contribution is 2.26. The molecule has 1 N–H and O–H groups in total. The van der Waals surface area contributed by atoms with Gasteiger partial charge in [-0.25, -0.2) is 0 Å². The molecule has 118 valence electrons. The zero-order chi connectivity index (χ0) is 15.7. The van der Waals surface area contributed by atoms with Crippen LogP contribution in [0.3, 0.4) is 0 Å². The van der Waals surface area contributed by atoms with Crippen LogP contribution in [0.5, 0.6) is 0 Å². The van der Waals surface area contributed by atoms with Gasteiger partial charge in [0, 0.05) is 18.0 Å². The minimum atomic E-state index is 0.124. The number of nitrogens with one attached hydrogen (secondary N) is 1. The van der Waals surface area contributed by atoms with Gasteiger partial charge >= 0.3 is 0 Å². The topological polar surface area (TPSA) is 32.3 Å². The molecule has 4 heteroatoms. The van der Waals surface area contributed by atoms with Crippen LogP contribution in [-0.4, -0.2) is 30.4 Å². The van der Waals surface area contributed by atoms with Gasteiger partial charge in [-0.2, -0.15) is 0 Å². The van der Waals surface area contributed by atoms with Crippen molar-refractivity contribution in [1.29, 1.82) is 0 Å². The molecule has 0 heterocycles. The molecule has 1 aromatic rings. The van der Waals surface area contributed by atoms with Crippen LogP contribution in [0.15, 0.2) is 24.3 Å². The molecule has 1 aromatic carbocycles. The Bertz CT molecular complexity index is 433. The first-order chi connectivity index (χ1) is 10.1. The molecule has 0 aromatic heterocycles. The van der Waals surface area contributed by atoms with E-state index in [0.717, 1.165) is 36.5 Å². The summed E-state index contributed by atoms with van der Waals surface area (Å²) in [5.41, 5.74) is 1.08. The fourth-order valence-electron chi connectivity index (χ4n) is 2.48. The van der Waals surface area contributed by atoms with Gasteiger partial charge in [0.05, 0.1) is 6.04 Å². The maximum Gasteiger partial charge on any atom is 0.220 e. The van der Waals surface area contributed by atoms with Crippen LogP contribution >= 0.6 is 11.6 Å². The van der Waals surface area contributed by atoms with E-state index in [9.17, 15) is 4.79 Å². The predicted octanol–water partition coefficient (Wildman–Crippen LogP) is 4.03. The third-order valence-electron chi connectivity index (χ3n) is 3.77.